The molecule has 0 aromatic heterocycles. The van der Waals surface area contributed by atoms with E-state index in [0.717, 1.165) is 34.4 Å². The minimum absolute atomic E-state index is 0.754. The van der Waals surface area contributed by atoms with Crippen molar-refractivity contribution in [2.75, 3.05) is 11.1 Å². The molecule has 94 valence electrons. The Morgan fingerprint density at radius 1 is 1.11 bits per heavy atom. The summed E-state index contributed by atoms with van der Waals surface area (Å²) in [7, 11) is 0. The van der Waals surface area contributed by atoms with Crippen LogP contribution in [0.1, 0.15) is 18.9 Å². The van der Waals surface area contributed by atoms with Crippen LogP contribution < -0.4 is 11.1 Å². The number of nitrogens with one attached hydrogen (secondary N) is 1. The highest BCUT2D eigenvalue weighted by molar-refractivity contribution is 9.10. The molecule has 18 heavy (non-hydrogen) atoms. The summed E-state index contributed by atoms with van der Waals surface area (Å²) < 4.78 is 1.02. The van der Waals surface area contributed by atoms with E-state index in [-0.39, 0.29) is 0 Å². The quantitative estimate of drug-likeness (QED) is 0.802. The Labute approximate surface area is 116 Å². The highest BCUT2D eigenvalue weighted by Crippen LogP contribution is 2.28. The van der Waals surface area contributed by atoms with Gasteiger partial charge in [-0.3, -0.25) is 0 Å². The zero-order valence-electron chi connectivity index (χ0n) is 10.4. The van der Waals surface area contributed by atoms with Crippen molar-refractivity contribution in [1.29, 1.82) is 0 Å². The minimum atomic E-state index is 0.754. The zero-order valence-corrected chi connectivity index (χ0v) is 12.0. The fourth-order valence-corrected chi connectivity index (χ4v) is 2.27. The maximum absolute atomic E-state index is 5.98. The lowest BCUT2D eigenvalue weighted by atomic mass is 10.1. The Bertz CT molecular complexity index is 538. The van der Waals surface area contributed by atoms with E-state index >= 15 is 0 Å². The van der Waals surface area contributed by atoms with Crippen molar-refractivity contribution in [3.8, 4) is 0 Å². The number of nitrogen functional groups attached to an aromatic ring is 1. The fourth-order valence-electron chi connectivity index (χ4n) is 1.91. The smallest absolute Gasteiger partial charge is 0.0629 e. The molecular weight excluding hydrogens is 288 g/mol. The van der Waals surface area contributed by atoms with Crippen LogP contribution in [0.25, 0.3) is 0 Å². The van der Waals surface area contributed by atoms with Crippen molar-refractivity contribution < 1.29 is 0 Å². The molecule has 0 aliphatic heterocycles. The van der Waals surface area contributed by atoms with Gasteiger partial charge in [-0.1, -0.05) is 47.5 Å². The molecule has 2 nitrogen and oxygen atoms in total. The largest absolute Gasteiger partial charge is 0.397 e. The second-order valence-electron chi connectivity index (χ2n) is 4.26. The molecule has 0 bridgehead atoms. The Morgan fingerprint density at radius 2 is 1.89 bits per heavy atom. The first-order valence-electron chi connectivity index (χ1n) is 6.10. The third-order valence-corrected chi connectivity index (χ3v) is 3.31. The van der Waals surface area contributed by atoms with Crippen LogP contribution in [0.3, 0.4) is 0 Å². The Hall–Kier alpha value is -1.48. The molecule has 0 aliphatic carbocycles. The number of hydrogen-bond acceptors (Lipinski definition) is 2. The summed E-state index contributed by atoms with van der Waals surface area (Å²) in [5.41, 5.74) is 10.1. The summed E-state index contributed by atoms with van der Waals surface area (Å²) in [6.45, 7) is 2.18. The number of halogens is 1. The number of aryl methyl sites for hydroxylation is 1. The van der Waals surface area contributed by atoms with Gasteiger partial charge in [0.2, 0.25) is 0 Å². The van der Waals surface area contributed by atoms with E-state index in [9.17, 15) is 0 Å². The average Bonchev–Trinajstić information content (AvgIpc) is 2.36. The van der Waals surface area contributed by atoms with E-state index < -0.39 is 0 Å². The lowest BCUT2D eigenvalue weighted by Gasteiger charge is -2.13. The summed E-state index contributed by atoms with van der Waals surface area (Å²) in [5.74, 6) is 0. The highest BCUT2D eigenvalue weighted by atomic mass is 79.9. The van der Waals surface area contributed by atoms with E-state index in [0.29, 0.717) is 0 Å². The van der Waals surface area contributed by atoms with Gasteiger partial charge in [0, 0.05) is 10.2 Å². The lowest BCUT2D eigenvalue weighted by molar-refractivity contribution is 0.923. The molecule has 0 aliphatic rings. The van der Waals surface area contributed by atoms with Gasteiger partial charge in [0.05, 0.1) is 11.4 Å². The molecule has 3 heteroatoms. The number of anilines is 3. The fraction of sp³-hybridized carbons (Fsp3) is 0.200. The highest BCUT2D eigenvalue weighted by Gasteiger charge is 2.04. The number of para-hydroxylation sites is 1. The van der Waals surface area contributed by atoms with E-state index in [1.807, 2.05) is 24.3 Å². The number of nitrogens with two attached hydrogens (primary N) is 1. The van der Waals surface area contributed by atoms with Crippen LogP contribution >= 0.6 is 15.9 Å². The second-order valence-corrected chi connectivity index (χ2v) is 5.18. The number of rotatable bonds is 4. The maximum Gasteiger partial charge on any atom is 0.0629 e. The van der Waals surface area contributed by atoms with Gasteiger partial charge in [-0.15, -0.1) is 0 Å². The van der Waals surface area contributed by atoms with Gasteiger partial charge in [-0.05, 0) is 36.2 Å². The van der Waals surface area contributed by atoms with E-state index in [1.54, 1.807) is 0 Å². The predicted octanol–water partition coefficient (Wildman–Crippen LogP) is 4.73. The first-order valence-corrected chi connectivity index (χ1v) is 6.90. The molecule has 2 rings (SSSR count). The van der Waals surface area contributed by atoms with Crippen molar-refractivity contribution in [3.63, 3.8) is 0 Å². The van der Waals surface area contributed by atoms with Crippen LogP contribution in [0, 0.1) is 0 Å². The van der Waals surface area contributed by atoms with Gasteiger partial charge < -0.3 is 11.1 Å². The summed E-state index contributed by atoms with van der Waals surface area (Å²) in [6, 6.07) is 14.2. The molecule has 0 unspecified atom stereocenters. The molecule has 0 atom stereocenters. The van der Waals surface area contributed by atoms with Crippen LogP contribution in [-0.2, 0) is 6.42 Å². The van der Waals surface area contributed by atoms with Gasteiger partial charge in [-0.25, -0.2) is 0 Å². The number of benzene rings is 2. The van der Waals surface area contributed by atoms with Crippen LogP contribution in [-0.4, -0.2) is 0 Å². The molecule has 0 fully saturated rings. The SMILES string of the molecule is CCCc1ccccc1Nc1cc(Br)ccc1N. The summed E-state index contributed by atoms with van der Waals surface area (Å²) >= 11 is 3.46. The second kappa shape index (κ2) is 5.91. The average molecular weight is 305 g/mol. The summed E-state index contributed by atoms with van der Waals surface area (Å²) in [4.78, 5) is 0. The first kappa shape index (κ1) is 13.0. The molecule has 0 spiro atoms. The van der Waals surface area contributed by atoms with Crippen molar-refractivity contribution >= 4 is 33.0 Å². The van der Waals surface area contributed by atoms with Gasteiger partial charge >= 0.3 is 0 Å². The van der Waals surface area contributed by atoms with Crippen LogP contribution in [0.2, 0.25) is 0 Å². The zero-order chi connectivity index (χ0) is 13.0. The predicted molar refractivity (Wildman–Crippen MR) is 82.3 cm³/mol. The molecule has 0 amide bonds. The van der Waals surface area contributed by atoms with E-state index in [2.05, 4.69) is 46.4 Å². The van der Waals surface area contributed by atoms with Crippen molar-refractivity contribution in [2.45, 2.75) is 19.8 Å². The van der Waals surface area contributed by atoms with Crippen molar-refractivity contribution in [1.82, 2.24) is 0 Å². The van der Waals surface area contributed by atoms with E-state index in [1.165, 1.54) is 5.56 Å². The molecule has 0 saturated heterocycles. The van der Waals surface area contributed by atoms with Crippen LogP contribution in [0.15, 0.2) is 46.9 Å². The topological polar surface area (TPSA) is 38.0 Å². The van der Waals surface area contributed by atoms with Gasteiger partial charge in [-0.2, -0.15) is 0 Å². The third-order valence-electron chi connectivity index (χ3n) is 2.82. The number of hydrogen-bond donors (Lipinski definition) is 2. The molecule has 2 aromatic rings. The molecular formula is C15H17BrN2. The Kier molecular flexibility index (Phi) is 4.26. The molecule has 0 heterocycles. The van der Waals surface area contributed by atoms with Crippen molar-refractivity contribution in [3.05, 3.63) is 52.5 Å². The lowest BCUT2D eigenvalue weighted by Crippen LogP contribution is -1.99. The molecule has 3 N–H and O–H groups in total. The Morgan fingerprint density at radius 3 is 2.67 bits per heavy atom. The first-order chi connectivity index (χ1) is 8.70. The molecule has 0 radical (unpaired) electrons. The van der Waals surface area contributed by atoms with Gasteiger partial charge in [0.15, 0.2) is 0 Å². The van der Waals surface area contributed by atoms with Crippen LogP contribution in [0.4, 0.5) is 17.1 Å². The van der Waals surface area contributed by atoms with Crippen molar-refractivity contribution in [2.24, 2.45) is 0 Å². The standard InChI is InChI=1S/C15H17BrN2/c1-2-5-11-6-3-4-7-14(11)18-15-10-12(16)8-9-13(15)17/h3-4,6-10,18H,2,5,17H2,1H3. The van der Waals surface area contributed by atoms with Gasteiger partial charge in [0.1, 0.15) is 0 Å². The van der Waals surface area contributed by atoms with Crippen LogP contribution in [0.5, 0.6) is 0 Å². The van der Waals surface area contributed by atoms with Gasteiger partial charge in [0.25, 0.3) is 0 Å². The summed E-state index contributed by atoms with van der Waals surface area (Å²) in [6.07, 6.45) is 2.20. The monoisotopic (exact) mass is 304 g/mol. The normalized spacial score (nSPS) is 10.3. The maximum atomic E-state index is 5.98. The molecule has 2 aromatic carbocycles. The minimum Gasteiger partial charge on any atom is -0.397 e. The summed E-state index contributed by atoms with van der Waals surface area (Å²) in [5, 5.41) is 3.41. The van der Waals surface area contributed by atoms with E-state index in [4.69, 9.17) is 5.73 Å². The Balaban J connectivity index is 2.30. The third kappa shape index (κ3) is 3.05. The molecule has 0 saturated carbocycles.